The standard InChI is InChI=1S/C16H22N4S2/c1-12-15(22-13(2)20-12)11-19-16(17-3)18-9-10-21-14-7-5-4-6-8-14/h4-8H,9-11H2,1-3H3,(H2,17,18,19). The largest absolute Gasteiger partial charge is 0.356 e. The number of rotatable bonds is 6. The molecule has 0 spiro atoms. The Hall–Kier alpha value is -1.53. The van der Waals surface area contributed by atoms with Crippen LogP contribution in [0.2, 0.25) is 0 Å². The Bertz CT molecular complexity index is 608. The quantitative estimate of drug-likeness (QED) is 0.369. The molecule has 0 aliphatic rings. The molecule has 0 aliphatic carbocycles. The molecule has 1 heterocycles. The van der Waals surface area contributed by atoms with Gasteiger partial charge in [-0.1, -0.05) is 18.2 Å². The lowest BCUT2D eigenvalue weighted by Crippen LogP contribution is -2.37. The van der Waals surface area contributed by atoms with Gasteiger partial charge in [-0.25, -0.2) is 4.98 Å². The molecule has 4 nitrogen and oxygen atoms in total. The van der Waals surface area contributed by atoms with E-state index in [-0.39, 0.29) is 0 Å². The molecule has 2 N–H and O–H groups in total. The number of guanidine groups is 1. The van der Waals surface area contributed by atoms with Crippen molar-refractivity contribution >= 4 is 29.1 Å². The highest BCUT2D eigenvalue weighted by molar-refractivity contribution is 7.99. The van der Waals surface area contributed by atoms with Crippen LogP contribution < -0.4 is 10.6 Å². The van der Waals surface area contributed by atoms with Gasteiger partial charge in [0.25, 0.3) is 0 Å². The van der Waals surface area contributed by atoms with Crippen LogP contribution in [0.1, 0.15) is 15.6 Å². The molecule has 0 bridgehead atoms. The van der Waals surface area contributed by atoms with Crippen molar-refractivity contribution in [2.75, 3.05) is 19.3 Å². The number of aliphatic imine (C=N–C) groups is 1. The molecule has 0 aliphatic heterocycles. The zero-order valence-corrected chi connectivity index (χ0v) is 14.9. The minimum atomic E-state index is 0.767. The van der Waals surface area contributed by atoms with Gasteiger partial charge in [-0.05, 0) is 26.0 Å². The van der Waals surface area contributed by atoms with Gasteiger partial charge >= 0.3 is 0 Å². The Morgan fingerprint density at radius 2 is 2.00 bits per heavy atom. The van der Waals surface area contributed by atoms with Crippen LogP contribution in [-0.4, -0.2) is 30.3 Å². The van der Waals surface area contributed by atoms with Crippen molar-refractivity contribution in [3.63, 3.8) is 0 Å². The third-order valence-corrected chi connectivity index (χ3v) is 5.13. The number of nitrogens with one attached hydrogen (secondary N) is 2. The van der Waals surface area contributed by atoms with E-state index in [9.17, 15) is 0 Å². The summed E-state index contributed by atoms with van der Waals surface area (Å²) in [6.45, 7) is 5.73. The molecule has 0 fully saturated rings. The number of benzene rings is 1. The smallest absolute Gasteiger partial charge is 0.191 e. The van der Waals surface area contributed by atoms with Gasteiger partial charge in [0.2, 0.25) is 0 Å². The molecule has 1 aromatic heterocycles. The summed E-state index contributed by atoms with van der Waals surface area (Å²) < 4.78 is 0. The summed E-state index contributed by atoms with van der Waals surface area (Å²) in [5, 5.41) is 7.78. The fourth-order valence-corrected chi connectivity index (χ4v) is 3.64. The van der Waals surface area contributed by atoms with Gasteiger partial charge in [0.05, 0.1) is 17.2 Å². The first-order valence-electron chi connectivity index (χ1n) is 7.24. The first-order valence-corrected chi connectivity index (χ1v) is 9.04. The van der Waals surface area contributed by atoms with E-state index in [1.807, 2.05) is 31.7 Å². The van der Waals surface area contributed by atoms with E-state index in [0.29, 0.717) is 0 Å². The average Bonchev–Trinajstić information content (AvgIpc) is 2.85. The van der Waals surface area contributed by atoms with Crippen molar-refractivity contribution in [3.8, 4) is 0 Å². The first-order chi connectivity index (χ1) is 10.7. The Morgan fingerprint density at radius 3 is 2.64 bits per heavy atom. The van der Waals surface area contributed by atoms with Gasteiger partial charge in [-0.15, -0.1) is 23.1 Å². The van der Waals surface area contributed by atoms with Crippen molar-refractivity contribution < 1.29 is 0 Å². The van der Waals surface area contributed by atoms with E-state index in [4.69, 9.17) is 0 Å². The molecule has 6 heteroatoms. The zero-order valence-electron chi connectivity index (χ0n) is 13.2. The predicted octanol–water partition coefficient (Wildman–Crippen LogP) is 3.22. The summed E-state index contributed by atoms with van der Waals surface area (Å²) >= 11 is 3.57. The van der Waals surface area contributed by atoms with Gasteiger partial charge in [0.1, 0.15) is 0 Å². The van der Waals surface area contributed by atoms with E-state index in [0.717, 1.165) is 35.5 Å². The van der Waals surface area contributed by atoms with Gasteiger partial charge < -0.3 is 10.6 Å². The predicted molar refractivity (Wildman–Crippen MR) is 97.0 cm³/mol. The fourth-order valence-electron chi connectivity index (χ4n) is 1.98. The molecule has 118 valence electrons. The molecule has 22 heavy (non-hydrogen) atoms. The number of aromatic nitrogens is 1. The molecule has 0 saturated carbocycles. The SMILES string of the molecule is CN=C(NCCSc1ccccc1)NCc1sc(C)nc1C. The summed E-state index contributed by atoms with van der Waals surface area (Å²) in [5.74, 6) is 1.84. The van der Waals surface area contributed by atoms with E-state index in [1.54, 1.807) is 18.4 Å². The molecule has 0 saturated heterocycles. The maximum Gasteiger partial charge on any atom is 0.191 e. The maximum absolute atomic E-state index is 4.44. The van der Waals surface area contributed by atoms with Crippen LogP contribution in [0, 0.1) is 13.8 Å². The molecule has 2 rings (SSSR count). The molecule has 1 aromatic carbocycles. The van der Waals surface area contributed by atoms with Crippen molar-refractivity contribution in [1.29, 1.82) is 0 Å². The molecule has 0 radical (unpaired) electrons. The lowest BCUT2D eigenvalue weighted by Gasteiger charge is -2.11. The van der Waals surface area contributed by atoms with Crippen molar-refractivity contribution in [3.05, 3.63) is 45.9 Å². The Morgan fingerprint density at radius 1 is 1.23 bits per heavy atom. The molecule has 2 aromatic rings. The second-order valence-corrected chi connectivity index (χ2v) is 7.21. The van der Waals surface area contributed by atoms with E-state index >= 15 is 0 Å². The van der Waals surface area contributed by atoms with Crippen LogP contribution in [0.25, 0.3) is 0 Å². The minimum absolute atomic E-state index is 0.767. The van der Waals surface area contributed by atoms with Crippen LogP contribution in [0.15, 0.2) is 40.2 Å². The molecular weight excluding hydrogens is 312 g/mol. The number of thioether (sulfide) groups is 1. The number of hydrogen-bond donors (Lipinski definition) is 2. The summed E-state index contributed by atoms with van der Waals surface area (Å²) in [4.78, 5) is 11.2. The second-order valence-electron chi connectivity index (χ2n) is 4.76. The van der Waals surface area contributed by atoms with Gasteiger partial charge in [-0.3, -0.25) is 4.99 Å². The normalized spacial score (nSPS) is 11.5. The third kappa shape index (κ3) is 5.35. The van der Waals surface area contributed by atoms with Crippen LogP contribution in [0.3, 0.4) is 0 Å². The highest BCUT2D eigenvalue weighted by Crippen LogP contribution is 2.17. The van der Waals surface area contributed by atoms with Crippen LogP contribution in [0.5, 0.6) is 0 Å². The van der Waals surface area contributed by atoms with Crippen LogP contribution >= 0.6 is 23.1 Å². The third-order valence-electron chi connectivity index (χ3n) is 3.05. The lowest BCUT2D eigenvalue weighted by atomic mass is 10.4. The maximum atomic E-state index is 4.44. The minimum Gasteiger partial charge on any atom is -0.356 e. The average molecular weight is 335 g/mol. The molecular formula is C16H22N4S2. The van der Waals surface area contributed by atoms with Gasteiger partial charge in [-0.2, -0.15) is 0 Å². The first kappa shape index (κ1) is 16.8. The number of nitrogens with zero attached hydrogens (tertiary/aromatic N) is 2. The summed E-state index contributed by atoms with van der Waals surface area (Å²) in [6.07, 6.45) is 0. The van der Waals surface area contributed by atoms with Crippen molar-refractivity contribution in [2.45, 2.75) is 25.3 Å². The summed E-state index contributed by atoms with van der Waals surface area (Å²) in [5.41, 5.74) is 1.10. The van der Waals surface area contributed by atoms with Crippen molar-refractivity contribution in [1.82, 2.24) is 15.6 Å². The fraction of sp³-hybridized carbons (Fsp3) is 0.375. The van der Waals surface area contributed by atoms with E-state index in [2.05, 4.69) is 44.9 Å². The summed E-state index contributed by atoms with van der Waals surface area (Å²) in [6, 6.07) is 10.4. The zero-order chi connectivity index (χ0) is 15.8. The topological polar surface area (TPSA) is 49.3 Å². The highest BCUT2D eigenvalue weighted by atomic mass is 32.2. The Labute approximate surface area is 140 Å². The second kappa shape index (κ2) is 8.80. The number of thiazole rings is 1. The summed E-state index contributed by atoms with van der Waals surface area (Å²) in [7, 11) is 1.80. The van der Waals surface area contributed by atoms with E-state index < -0.39 is 0 Å². The van der Waals surface area contributed by atoms with Crippen LogP contribution in [-0.2, 0) is 6.54 Å². The van der Waals surface area contributed by atoms with Crippen molar-refractivity contribution in [2.24, 2.45) is 4.99 Å². The Balaban J connectivity index is 1.70. The van der Waals surface area contributed by atoms with E-state index in [1.165, 1.54) is 9.77 Å². The molecule has 0 unspecified atom stereocenters. The number of hydrogen-bond acceptors (Lipinski definition) is 4. The van der Waals surface area contributed by atoms with Gasteiger partial charge in [0.15, 0.2) is 5.96 Å². The van der Waals surface area contributed by atoms with Gasteiger partial charge in [0, 0.05) is 29.1 Å². The lowest BCUT2D eigenvalue weighted by molar-refractivity contribution is 0.835. The number of aryl methyl sites for hydroxylation is 2. The molecule has 0 amide bonds. The highest BCUT2D eigenvalue weighted by Gasteiger charge is 2.05. The Kier molecular flexibility index (Phi) is 6.74. The van der Waals surface area contributed by atoms with Crippen LogP contribution in [0.4, 0.5) is 0 Å². The molecule has 0 atom stereocenters. The monoisotopic (exact) mass is 334 g/mol.